The van der Waals surface area contributed by atoms with E-state index in [9.17, 15) is 8.78 Å². The molecule has 0 aromatic heterocycles. The molecule has 3 nitrogen and oxygen atoms in total. The van der Waals surface area contributed by atoms with Crippen LogP contribution in [-0.2, 0) is 5.54 Å². The fraction of sp³-hybridized carbons (Fsp3) is 0.300. The van der Waals surface area contributed by atoms with Crippen LogP contribution in [0.1, 0.15) is 12.5 Å². The minimum Gasteiger partial charge on any atom is -0.370 e. The molecule has 1 aliphatic rings. The number of hydrogen-bond acceptors (Lipinski definition) is 3. The van der Waals surface area contributed by atoms with E-state index in [-0.39, 0.29) is 5.96 Å². The van der Waals surface area contributed by atoms with E-state index >= 15 is 0 Å². The third-order valence-corrected chi connectivity index (χ3v) is 2.50. The summed E-state index contributed by atoms with van der Waals surface area (Å²) in [5.74, 6) is -0.900. The summed E-state index contributed by atoms with van der Waals surface area (Å²) < 4.78 is 26.2. The monoisotopic (exact) mass is 211 g/mol. The largest absolute Gasteiger partial charge is 0.370 e. The van der Waals surface area contributed by atoms with E-state index in [1.807, 2.05) is 0 Å². The van der Waals surface area contributed by atoms with Crippen LogP contribution in [-0.4, -0.2) is 12.5 Å². The molecule has 1 atom stereocenters. The Balaban J connectivity index is 2.38. The number of rotatable bonds is 1. The number of nitrogens with one attached hydrogen (secondary N) is 1. The number of benzene rings is 1. The lowest BCUT2D eigenvalue weighted by molar-refractivity contribution is 0.444. The van der Waals surface area contributed by atoms with Gasteiger partial charge in [-0.25, -0.2) is 8.78 Å². The molecule has 80 valence electrons. The first-order chi connectivity index (χ1) is 7.01. The summed E-state index contributed by atoms with van der Waals surface area (Å²) in [4.78, 5) is 3.95. The third kappa shape index (κ3) is 1.65. The summed E-state index contributed by atoms with van der Waals surface area (Å²) in [5.41, 5.74) is 5.16. The molecule has 1 unspecified atom stereocenters. The number of hydrogen-bond donors (Lipinski definition) is 2. The van der Waals surface area contributed by atoms with Crippen LogP contribution in [0.25, 0.3) is 0 Å². The van der Waals surface area contributed by atoms with Crippen LogP contribution in [0.5, 0.6) is 0 Å². The van der Waals surface area contributed by atoms with Crippen LogP contribution >= 0.6 is 0 Å². The van der Waals surface area contributed by atoms with Gasteiger partial charge >= 0.3 is 0 Å². The third-order valence-electron chi connectivity index (χ3n) is 2.50. The van der Waals surface area contributed by atoms with E-state index in [1.165, 1.54) is 12.1 Å². The Kier molecular flexibility index (Phi) is 2.10. The van der Waals surface area contributed by atoms with Gasteiger partial charge in [0.15, 0.2) is 5.96 Å². The van der Waals surface area contributed by atoms with Gasteiger partial charge < -0.3 is 11.1 Å². The number of nitrogens with zero attached hydrogens (tertiary/aromatic N) is 1. The predicted octanol–water partition coefficient (Wildman–Crippen LogP) is 1.10. The fourth-order valence-corrected chi connectivity index (χ4v) is 1.69. The van der Waals surface area contributed by atoms with Crippen LogP contribution in [0.15, 0.2) is 23.2 Å². The molecular formula is C10H11F2N3. The van der Waals surface area contributed by atoms with Gasteiger partial charge in [0.05, 0.1) is 12.1 Å². The lowest BCUT2D eigenvalue weighted by atomic mass is 9.92. The molecule has 0 saturated heterocycles. The van der Waals surface area contributed by atoms with Crippen molar-refractivity contribution in [1.82, 2.24) is 5.32 Å². The maximum Gasteiger partial charge on any atom is 0.189 e. The molecule has 1 heterocycles. The number of nitrogens with two attached hydrogens (primary N) is 1. The van der Waals surface area contributed by atoms with Crippen LogP contribution in [0.4, 0.5) is 8.78 Å². The van der Waals surface area contributed by atoms with E-state index in [4.69, 9.17) is 5.73 Å². The highest BCUT2D eigenvalue weighted by Gasteiger charge is 2.33. The lowest BCUT2D eigenvalue weighted by Crippen LogP contribution is -2.43. The highest BCUT2D eigenvalue weighted by atomic mass is 19.1. The van der Waals surface area contributed by atoms with Crippen molar-refractivity contribution < 1.29 is 8.78 Å². The topological polar surface area (TPSA) is 50.4 Å². The van der Waals surface area contributed by atoms with Crippen molar-refractivity contribution in [3.63, 3.8) is 0 Å². The Morgan fingerprint density at radius 3 is 2.73 bits per heavy atom. The molecule has 0 fully saturated rings. The van der Waals surface area contributed by atoms with Gasteiger partial charge in [-0.3, -0.25) is 4.99 Å². The Morgan fingerprint density at radius 2 is 2.20 bits per heavy atom. The van der Waals surface area contributed by atoms with Crippen molar-refractivity contribution in [2.24, 2.45) is 10.7 Å². The molecule has 3 N–H and O–H groups in total. The van der Waals surface area contributed by atoms with Gasteiger partial charge in [-0.1, -0.05) is 6.07 Å². The minimum absolute atomic E-state index is 0.279. The maximum atomic E-state index is 13.5. The van der Waals surface area contributed by atoms with Crippen LogP contribution < -0.4 is 11.1 Å². The Hall–Kier alpha value is -1.65. The smallest absolute Gasteiger partial charge is 0.189 e. The van der Waals surface area contributed by atoms with Crippen molar-refractivity contribution in [3.8, 4) is 0 Å². The van der Waals surface area contributed by atoms with Gasteiger partial charge in [-0.15, -0.1) is 0 Å². The molecule has 0 saturated carbocycles. The summed E-state index contributed by atoms with van der Waals surface area (Å²) in [7, 11) is 0. The van der Waals surface area contributed by atoms with E-state index in [1.54, 1.807) is 6.92 Å². The molecule has 2 rings (SSSR count). The van der Waals surface area contributed by atoms with Crippen LogP contribution in [0.2, 0.25) is 0 Å². The van der Waals surface area contributed by atoms with Crippen LogP contribution in [0.3, 0.4) is 0 Å². The SMILES string of the molecule is CC1(c2ccc(F)cc2F)CN=C(N)N1. The van der Waals surface area contributed by atoms with Crippen molar-refractivity contribution in [1.29, 1.82) is 0 Å². The second-order valence-electron chi connectivity index (χ2n) is 3.78. The quantitative estimate of drug-likeness (QED) is 0.730. The molecule has 15 heavy (non-hydrogen) atoms. The van der Waals surface area contributed by atoms with E-state index in [0.717, 1.165) is 6.07 Å². The second kappa shape index (κ2) is 3.18. The van der Waals surface area contributed by atoms with Crippen molar-refractivity contribution in [2.45, 2.75) is 12.5 Å². The molecule has 0 aliphatic carbocycles. The summed E-state index contributed by atoms with van der Waals surface area (Å²) in [6.45, 7) is 2.12. The first-order valence-corrected chi connectivity index (χ1v) is 4.55. The molecule has 0 radical (unpaired) electrons. The van der Waals surface area contributed by atoms with Gasteiger partial charge in [-0.05, 0) is 13.0 Å². The first-order valence-electron chi connectivity index (χ1n) is 4.55. The highest BCUT2D eigenvalue weighted by molar-refractivity contribution is 5.81. The predicted molar refractivity (Wildman–Crippen MR) is 53.3 cm³/mol. The van der Waals surface area contributed by atoms with E-state index < -0.39 is 17.2 Å². The summed E-state index contributed by atoms with van der Waals surface area (Å²) in [5, 5.41) is 2.87. The van der Waals surface area contributed by atoms with E-state index in [2.05, 4.69) is 10.3 Å². The molecule has 1 aromatic rings. The first kappa shape index (κ1) is 9.89. The zero-order chi connectivity index (χ0) is 11.1. The zero-order valence-corrected chi connectivity index (χ0v) is 8.22. The van der Waals surface area contributed by atoms with Gasteiger partial charge in [0.2, 0.25) is 0 Å². The Bertz CT molecular complexity index is 431. The average molecular weight is 211 g/mol. The molecule has 0 bridgehead atoms. The molecule has 0 spiro atoms. The average Bonchev–Trinajstić information content (AvgIpc) is 2.46. The molecule has 1 aromatic carbocycles. The summed E-state index contributed by atoms with van der Waals surface area (Å²) >= 11 is 0. The fourth-order valence-electron chi connectivity index (χ4n) is 1.69. The Morgan fingerprint density at radius 1 is 1.47 bits per heavy atom. The number of guanidine groups is 1. The summed E-state index contributed by atoms with van der Waals surface area (Å²) in [6, 6.07) is 3.49. The van der Waals surface area contributed by atoms with Crippen LogP contribution in [0, 0.1) is 11.6 Å². The molecule has 1 aliphatic heterocycles. The minimum atomic E-state index is -0.679. The normalized spacial score (nSPS) is 24.9. The van der Waals surface area contributed by atoms with Crippen molar-refractivity contribution >= 4 is 5.96 Å². The van der Waals surface area contributed by atoms with Crippen molar-refractivity contribution in [2.75, 3.05) is 6.54 Å². The van der Waals surface area contributed by atoms with Crippen molar-refractivity contribution in [3.05, 3.63) is 35.4 Å². The molecular weight excluding hydrogens is 200 g/mol. The van der Waals surface area contributed by atoms with Gasteiger partial charge in [0.25, 0.3) is 0 Å². The van der Waals surface area contributed by atoms with Gasteiger partial charge in [-0.2, -0.15) is 0 Å². The Labute approximate surface area is 86.0 Å². The van der Waals surface area contributed by atoms with Gasteiger partial charge in [0.1, 0.15) is 11.6 Å². The van der Waals surface area contributed by atoms with Gasteiger partial charge in [0, 0.05) is 11.6 Å². The zero-order valence-electron chi connectivity index (χ0n) is 8.22. The summed E-state index contributed by atoms with van der Waals surface area (Å²) in [6.07, 6.45) is 0. The maximum absolute atomic E-state index is 13.5. The lowest BCUT2D eigenvalue weighted by Gasteiger charge is -2.25. The number of aliphatic imine (C=N–C) groups is 1. The standard InChI is InChI=1S/C10H11F2N3/c1-10(5-14-9(13)15-10)7-3-2-6(11)4-8(7)12/h2-4H,5H2,1H3,(H3,13,14,15). The number of halogens is 2. The molecule has 0 amide bonds. The highest BCUT2D eigenvalue weighted by Crippen LogP contribution is 2.26. The molecule has 5 heteroatoms. The second-order valence-corrected chi connectivity index (χ2v) is 3.78. The van der Waals surface area contributed by atoms with E-state index in [0.29, 0.717) is 12.1 Å².